The Balaban J connectivity index is 1.64. The van der Waals surface area contributed by atoms with Gasteiger partial charge in [0.05, 0.1) is 25.8 Å². The Kier molecular flexibility index (Phi) is 8.62. The molecule has 1 N–H and O–H groups in total. The normalized spacial score (nSPS) is 11.3. The van der Waals surface area contributed by atoms with Crippen molar-refractivity contribution in [2.45, 2.75) is 33.7 Å². The highest BCUT2D eigenvalue weighted by Crippen LogP contribution is 2.30. The number of fused-ring (bicyclic) bond motifs is 1. The highest BCUT2D eigenvalue weighted by molar-refractivity contribution is 6.04. The van der Waals surface area contributed by atoms with Crippen LogP contribution in [-0.4, -0.2) is 42.3 Å². The second-order valence-electron chi connectivity index (χ2n) is 10.6. The van der Waals surface area contributed by atoms with E-state index in [1.807, 2.05) is 81.4 Å². The first-order chi connectivity index (χ1) is 18.7. The van der Waals surface area contributed by atoms with Gasteiger partial charge in [-0.25, -0.2) is 9.78 Å². The van der Waals surface area contributed by atoms with Gasteiger partial charge in [0.15, 0.2) is 0 Å². The van der Waals surface area contributed by atoms with E-state index in [9.17, 15) is 9.59 Å². The molecule has 0 saturated carbocycles. The smallest absolute Gasteiger partial charge is 0.337 e. The van der Waals surface area contributed by atoms with E-state index in [4.69, 9.17) is 14.6 Å². The van der Waals surface area contributed by atoms with Crippen LogP contribution in [0.2, 0.25) is 0 Å². The van der Waals surface area contributed by atoms with Crippen molar-refractivity contribution in [2.24, 2.45) is 5.41 Å². The van der Waals surface area contributed by atoms with Crippen LogP contribution in [0.1, 0.15) is 43.1 Å². The number of aliphatic hydroxyl groups is 1. The second kappa shape index (κ2) is 12.1. The van der Waals surface area contributed by atoms with E-state index in [0.29, 0.717) is 30.1 Å². The molecule has 7 heteroatoms. The molecular formula is C32H34N2O5. The maximum Gasteiger partial charge on any atom is 0.337 e. The average molecular weight is 527 g/mol. The van der Waals surface area contributed by atoms with Crippen LogP contribution in [0.4, 0.5) is 5.82 Å². The molecule has 0 aliphatic carbocycles. The number of aliphatic hydroxyl groups excluding tert-OH is 1. The molecule has 0 spiro atoms. The average Bonchev–Trinajstić information content (AvgIpc) is 2.93. The molecule has 3 aromatic carbocycles. The highest BCUT2D eigenvalue weighted by atomic mass is 16.5. The predicted molar refractivity (Wildman–Crippen MR) is 153 cm³/mol. The zero-order valence-corrected chi connectivity index (χ0v) is 22.8. The first kappa shape index (κ1) is 27.8. The Bertz CT molecular complexity index is 1440. The van der Waals surface area contributed by atoms with Gasteiger partial charge in [0.2, 0.25) is 5.91 Å². The molecular weight excluding hydrogens is 492 g/mol. The van der Waals surface area contributed by atoms with E-state index in [1.54, 1.807) is 23.2 Å². The molecule has 4 rings (SSSR count). The fourth-order valence-corrected chi connectivity index (χ4v) is 4.34. The Hall–Kier alpha value is -4.23. The van der Waals surface area contributed by atoms with Gasteiger partial charge in [-0.2, -0.15) is 0 Å². The van der Waals surface area contributed by atoms with E-state index < -0.39 is 5.97 Å². The van der Waals surface area contributed by atoms with Crippen molar-refractivity contribution >= 4 is 28.5 Å². The summed E-state index contributed by atoms with van der Waals surface area (Å²) in [6, 6.07) is 22.9. The quantitative estimate of drug-likeness (QED) is 0.268. The molecule has 0 aliphatic heterocycles. The van der Waals surface area contributed by atoms with Crippen molar-refractivity contribution in [1.29, 1.82) is 0 Å². The van der Waals surface area contributed by atoms with E-state index in [2.05, 4.69) is 4.98 Å². The monoisotopic (exact) mass is 526 g/mol. The standard InChI is InChI=1S/C32H34N2O5/c1-32(2,3)20-29(36)34(30-28-14-11-26(31(37)38-4)19-25(28)15-16-33-30)21-22-5-7-23(8-6-22)24-9-12-27(13-10-24)39-18-17-35/h5-16,19,35H,17-18,20-21H2,1-4H3. The molecule has 7 nitrogen and oxygen atoms in total. The van der Waals surface area contributed by atoms with Crippen LogP contribution in [0, 0.1) is 5.41 Å². The lowest BCUT2D eigenvalue weighted by Gasteiger charge is -2.27. The Morgan fingerprint density at radius 1 is 0.923 bits per heavy atom. The van der Waals surface area contributed by atoms with Crippen LogP contribution in [-0.2, 0) is 16.1 Å². The largest absolute Gasteiger partial charge is 0.491 e. The molecule has 1 amide bonds. The van der Waals surface area contributed by atoms with Crippen LogP contribution in [0.15, 0.2) is 79.0 Å². The van der Waals surface area contributed by atoms with Crippen molar-refractivity contribution in [3.63, 3.8) is 0 Å². The van der Waals surface area contributed by atoms with Gasteiger partial charge in [0.25, 0.3) is 0 Å². The minimum absolute atomic E-state index is 0.0258. The lowest BCUT2D eigenvalue weighted by molar-refractivity contribution is -0.120. The molecule has 0 bridgehead atoms. The number of carbonyl (C=O) groups excluding carboxylic acids is 2. The van der Waals surface area contributed by atoms with Crippen LogP contribution in [0.25, 0.3) is 21.9 Å². The number of methoxy groups -OCH3 is 1. The minimum atomic E-state index is -0.414. The SMILES string of the molecule is COC(=O)c1ccc2c(N(Cc3ccc(-c4ccc(OCCO)cc4)cc3)C(=O)CC(C)(C)C)nccc2c1. The number of ether oxygens (including phenoxy) is 2. The lowest BCUT2D eigenvalue weighted by Crippen LogP contribution is -2.34. The van der Waals surface area contributed by atoms with E-state index in [-0.39, 0.29) is 24.5 Å². The Morgan fingerprint density at radius 3 is 2.21 bits per heavy atom. The summed E-state index contributed by atoms with van der Waals surface area (Å²) in [5.74, 6) is 0.824. The summed E-state index contributed by atoms with van der Waals surface area (Å²) in [6.07, 6.45) is 2.02. The topological polar surface area (TPSA) is 89.0 Å². The molecule has 0 saturated heterocycles. The number of anilines is 1. The number of rotatable bonds is 9. The molecule has 0 atom stereocenters. The molecule has 1 heterocycles. The number of nitrogens with zero attached hydrogens (tertiary/aromatic N) is 2. The molecule has 1 aromatic heterocycles. The lowest BCUT2D eigenvalue weighted by atomic mass is 9.91. The van der Waals surface area contributed by atoms with Gasteiger partial charge >= 0.3 is 5.97 Å². The number of hydrogen-bond donors (Lipinski definition) is 1. The number of hydrogen-bond acceptors (Lipinski definition) is 6. The molecule has 0 aliphatic rings. The molecule has 0 radical (unpaired) electrons. The first-order valence-corrected chi connectivity index (χ1v) is 12.9. The van der Waals surface area contributed by atoms with Gasteiger partial charge in [0, 0.05) is 18.0 Å². The third-order valence-corrected chi connectivity index (χ3v) is 6.25. The maximum atomic E-state index is 13.6. The molecule has 4 aromatic rings. The van der Waals surface area contributed by atoms with Crippen molar-refractivity contribution in [3.8, 4) is 16.9 Å². The summed E-state index contributed by atoms with van der Waals surface area (Å²) in [7, 11) is 1.35. The highest BCUT2D eigenvalue weighted by Gasteiger charge is 2.25. The minimum Gasteiger partial charge on any atom is -0.491 e. The predicted octanol–water partition coefficient (Wildman–Crippen LogP) is 6.03. The van der Waals surface area contributed by atoms with Gasteiger partial charge in [-0.15, -0.1) is 0 Å². The van der Waals surface area contributed by atoms with Crippen molar-refractivity contribution < 1.29 is 24.2 Å². The third-order valence-electron chi connectivity index (χ3n) is 6.25. The zero-order valence-electron chi connectivity index (χ0n) is 22.8. The molecule has 202 valence electrons. The Labute approximate surface area is 229 Å². The number of pyridine rings is 1. The first-order valence-electron chi connectivity index (χ1n) is 12.9. The van der Waals surface area contributed by atoms with Gasteiger partial charge in [0.1, 0.15) is 18.2 Å². The summed E-state index contributed by atoms with van der Waals surface area (Å²) in [4.78, 5) is 32.0. The summed E-state index contributed by atoms with van der Waals surface area (Å²) in [5, 5.41) is 10.5. The van der Waals surface area contributed by atoms with Crippen LogP contribution >= 0.6 is 0 Å². The summed E-state index contributed by atoms with van der Waals surface area (Å²) in [6.45, 7) is 6.71. The second-order valence-corrected chi connectivity index (χ2v) is 10.6. The number of carbonyl (C=O) groups is 2. The van der Waals surface area contributed by atoms with E-state index in [0.717, 1.165) is 27.5 Å². The fourth-order valence-electron chi connectivity index (χ4n) is 4.34. The summed E-state index contributed by atoms with van der Waals surface area (Å²) < 4.78 is 10.3. The van der Waals surface area contributed by atoms with E-state index in [1.165, 1.54) is 7.11 Å². The van der Waals surface area contributed by atoms with Gasteiger partial charge in [-0.3, -0.25) is 9.69 Å². The van der Waals surface area contributed by atoms with Crippen molar-refractivity contribution in [2.75, 3.05) is 25.2 Å². The number of aromatic nitrogens is 1. The number of esters is 1. The fraction of sp³-hybridized carbons (Fsp3) is 0.281. The molecule has 0 unspecified atom stereocenters. The van der Waals surface area contributed by atoms with Crippen molar-refractivity contribution in [1.82, 2.24) is 4.98 Å². The van der Waals surface area contributed by atoms with E-state index >= 15 is 0 Å². The van der Waals surface area contributed by atoms with Gasteiger partial charge in [-0.1, -0.05) is 57.2 Å². The van der Waals surface area contributed by atoms with Crippen molar-refractivity contribution in [3.05, 3.63) is 90.1 Å². The maximum absolute atomic E-state index is 13.6. The van der Waals surface area contributed by atoms with Gasteiger partial charge < -0.3 is 14.6 Å². The third kappa shape index (κ3) is 7.00. The Morgan fingerprint density at radius 2 is 1.59 bits per heavy atom. The summed E-state index contributed by atoms with van der Waals surface area (Å²) >= 11 is 0. The van der Waals surface area contributed by atoms with Crippen LogP contribution in [0.3, 0.4) is 0 Å². The number of amides is 1. The number of benzene rings is 3. The van der Waals surface area contributed by atoms with Gasteiger partial charge in [-0.05, 0) is 63.9 Å². The summed E-state index contributed by atoms with van der Waals surface area (Å²) in [5.41, 5.74) is 3.29. The van der Waals surface area contributed by atoms with Crippen LogP contribution < -0.4 is 9.64 Å². The van der Waals surface area contributed by atoms with Crippen LogP contribution in [0.5, 0.6) is 5.75 Å². The zero-order chi connectivity index (χ0) is 28.0. The molecule has 0 fully saturated rings. The molecule has 39 heavy (non-hydrogen) atoms.